The van der Waals surface area contributed by atoms with Crippen molar-refractivity contribution in [2.45, 2.75) is 0 Å². The minimum atomic E-state index is -0.693. The van der Waals surface area contributed by atoms with E-state index in [1.165, 1.54) is 18.2 Å². The number of rotatable bonds is 2. The second-order valence-corrected chi connectivity index (χ2v) is 5.46. The summed E-state index contributed by atoms with van der Waals surface area (Å²) in [7, 11) is 0. The molecule has 0 atom stereocenters. The number of anilines is 2. The van der Waals surface area contributed by atoms with E-state index in [9.17, 15) is 4.39 Å². The number of nitrogens with one attached hydrogen (secondary N) is 1. The van der Waals surface area contributed by atoms with Gasteiger partial charge in [0.1, 0.15) is 5.15 Å². The van der Waals surface area contributed by atoms with Gasteiger partial charge in [0.15, 0.2) is 11.6 Å². The standard InChI is InChI=1S/C11H4Cl5FN2/c12-5-1-4(2-6(13)9(5)17)18-11-8(15)3-7(14)10(16)19-11/h1-3H,(H,18,19). The van der Waals surface area contributed by atoms with E-state index in [1.807, 2.05) is 0 Å². The Hall–Kier alpha value is -0.450. The van der Waals surface area contributed by atoms with E-state index >= 15 is 0 Å². The topological polar surface area (TPSA) is 24.9 Å². The molecule has 1 aromatic heterocycles. The Labute approximate surface area is 133 Å². The highest BCUT2D eigenvalue weighted by atomic mass is 35.5. The summed E-state index contributed by atoms with van der Waals surface area (Å²) < 4.78 is 13.3. The van der Waals surface area contributed by atoms with Crippen LogP contribution >= 0.6 is 58.0 Å². The fourth-order valence-corrected chi connectivity index (χ4v) is 2.33. The summed E-state index contributed by atoms with van der Waals surface area (Å²) in [6.45, 7) is 0. The highest BCUT2D eigenvalue weighted by Crippen LogP contribution is 2.33. The molecule has 1 heterocycles. The molecule has 0 amide bonds. The molecular weight excluding hydrogens is 356 g/mol. The predicted molar refractivity (Wildman–Crippen MR) is 79.0 cm³/mol. The van der Waals surface area contributed by atoms with E-state index in [4.69, 9.17) is 58.0 Å². The Balaban J connectivity index is 2.39. The van der Waals surface area contributed by atoms with E-state index in [-0.39, 0.29) is 31.1 Å². The minimum absolute atomic E-state index is 0.0906. The number of halogens is 6. The third kappa shape index (κ3) is 3.36. The van der Waals surface area contributed by atoms with Crippen LogP contribution in [0, 0.1) is 5.82 Å². The summed E-state index contributed by atoms with van der Waals surface area (Å²) in [5.74, 6) is -0.433. The molecule has 0 aliphatic heterocycles. The van der Waals surface area contributed by atoms with Crippen LogP contribution in [0.4, 0.5) is 15.9 Å². The maximum Gasteiger partial charge on any atom is 0.160 e. The zero-order valence-electron chi connectivity index (χ0n) is 8.95. The summed E-state index contributed by atoms with van der Waals surface area (Å²) in [4.78, 5) is 3.96. The molecule has 0 fully saturated rings. The van der Waals surface area contributed by atoms with Gasteiger partial charge >= 0.3 is 0 Å². The number of nitrogens with zero attached hydrogens (tertiary/aromatic N) is 1. The van der Waals surface area contributed by atoms with Gasteiger partial charge in [0.2, 0.25) is 0 Å². The zero-order chi connectivity index (χ0) is 14.2. The molecule has 0 aliphatic rings. The van der Waals surface area contributed by atoms with E-state index in [2.05, 4.69) is 10.3 Å². The lowest BCUT2D eigenvalue weighted by Crippen LogP contribution is -1.96. The average molecular weight is 360 g/mol. The van der Waals surface area contributed by atoms with Crippen molar-refractivity contribution in [2.75, 3.05) is 5.32 Å². The fourth-order valence-electron chi connectivity index (χ4n) is 1.30. The first-order valence-corrected chi connectivity index (χ1v) is 6.70. The molecule has 2 aromatic rings. The van der Waals surface area contributed by atoms with Crippen LogP contribution in [-0.2, 0) is 0 Å². The molecule has 0 aliphatic carbocycles. The van der Waals surface area contributed by atoms with E-state index in [1.54, 1.807) is 0 Å². The lowest BCUT2D eigenvalue weighted by atomic mass is 10.3. The van der Waals surface area contributed by atoms with Crippen LogP contribution in [0.5, 0.6) is 0 Å². The van der Waals surface area contributed by atoms with Crippen LogP contribution in [0.3, 0.4) is 0 Å². The second kappa shape index (κ2) is 5.90. The summed E-state index contributed by atoms with van der Waals surface area (Å²) in [5.41, 5.74) is 0.421. The summed E-state index contributed by atoms with van der Waals surface area (Å²) in [5, 5.41) is 3.16. The van der Waals surface area contributed by atoms with Gasteiger partial charge < -0.3 is 5.32 Å². The molecule has 100 valence electrons. The van der Waals surface area contributed by atoms with Gasteiger partial charge in [0.05, 0.1) is 20.1 Å². The maximum absolute atomic E-state index is 13.3. The van der Waals surface area contributed by atoms with Crippen LogP contribution in [-0.4, -0.2) is 4.98 Å². The van der Waals surface area contributed by atoms with E-state index < -0.39 is 5.82 Å². The summed E-state index contributed by atoms with van der Waals surface area (Å²) in [6.07, 6.45) is 0. The molecular formula is C11H4Cl5FN2. The van der Waals surface area contributed by atoms with Crippen molar-refractivity contribution >= 4 is 69.5 Å². The van der Waals surface area contributed by atoms with Gasteiger partial charge in [0, 0.05) is 5.69 Å². The number of hydrogen-bond acceptors (Lipinski definition) is 2. The molecule has 2 rings (SSSR count). The van der Waals surface area contributed by atoms with Crippen LogP contribution in [0.15, 0.2) is 18.2 Å². The summed E-state index contributed by atoms with van der Waals surface area (Å²) in [6, 6.07) is 4.14. The maximum atomic E-state index is 13.3. The lowest BCUT2D eigenvalue weighted by molar-refractivity contribution is 0.629. The van der Waals surface area contributed by atoms with Crippen molar-refractivity contribution in [2.24, 2.45) is 0 Å². The van der Waals surface area contributed by atoms with Gasteiger partial charge in [-0.05, 0) is 18.2 Å². The molecule has 0 saturated heterocycles. The Kier molecular flexibility index (Phi) is 4.64. The smallest absolute Gasteiger partial charge is 0.160 e. The predicted octanol–water partition coefficient (Wildman–Crippen LogP) is 6.23. The Morgan fingerprint density at radius 3 is 2.00 bits per heavy atom. The number of hydrogen-bond donors (Lipinski definition) is 1. The van der Waals surface area contributed by atoms with Gasteiger partial charge in [-0.15, -0.1) is 0 Å². The second-order valence-electron chi connectivity index (χ2n) is 3.47. The van der Waals surface area contributed by atoms with Crippen molar-refractivity contribution in [3.63, 3.8) is 0 Å². The third-order valence-electron chi connectivity index (χ3n) is 2.13. The molecule has 1 N–H and O–H groups in total. The van der Waals surface area contributed by atoms with Gasteiger partial charge in [-0.1, -0.05) is 58.0 Å². The van der Waals surface area contributed by atoms with E-state index in [0.717, 1.165) is 0 Å². The Morgan fingerprint density at radius 2 is 1.42 bits per heavy atom. The molecule has 19 heavy (non-hydrogen) atoms. The largest absolute Gasteiger partial charge is 0.339 e. The average Bonchev–Trinajstić information content (AvgIpc) is 2.33. The number of pyridine rings is 1. The highest BCUT2D eigenvalue weighted by Gasteiger charge is 2.11. The van der Waals surface area contributed by atoms with Gasteiger partial charge in [-0.3, -0.25) is 0 Å². The minimum Gasteiger partial charge on any atom is -0.339 e. The first kappa shape index (κ1) is 14.9. The molecule has 0 bridgehead atoms. The first-order chi connectivity index (χ1) is 8.88. The normalized spacial score (nSPS) is 10.6. The van der Waals surface area contributed by atoms with E-state index in [0.29, 0.717) is 5.69 Å². The number of aromatic nitrogens is 1. The molecule has 0 spiro atoms. The monoisotopic (exact) mass is 358 g/mol. The van der Waals surface area contributed by atoms with Gasteiger partial charge in [0.25, 0.3) is 0 Å². The Morgan fingerprint density at radius 1 is 0.842 bits per heavy atom. The zero-order valence-corrected chi connectivity index (χ0v) is 12.7. The SMILES string of the molecule is Fc1c(Cl)cc(Nc2nc(Cl)c(Cl)cc2Cl)cc1Cl. The summed E-state index contributed by atoms with van der Waals surface area (Å²) >= 11 is 28.9. The number of benzene rings is 1. The quantitative estimate of drug-likeness (QED) is 0.507. The van der Waals surface area contributed by atoms with Crippen molar-refractivity contribution < 1.29 is 4.39 Å². The van der Waals surface area contributed by atoms with Crippen molar-refractivity contribution in [1.82, 2.24) is 4.98 Å². The van der Waals surface area contributed by atoms with Crippen LogP contribution < -0.4 is 5.32 Å². The molecule has 8 heteroatoms. The van der Waals surface area contributed by atoms with Crippen LogP contribution in [0.2, 0.25) is 25.2 Å². The van der Waals surface area contributed by atoms with Crippen LogP contribution in [0.25, 0.3) is 0 Å². The first-order valence-electron chi connectivity index (χ1n) is 4.81. The van der Waals surface area contributed by atoms with Crippen molar-refractivity contribution in [3.05, 3.63) is 49.3 Å². The van der Waals surface area contributed by atoms with Crippen LogP contribution in [0.1, 0.15) is 0 Å². The van der Waals surface area contributed by atoms with Gasteiger partial charge in [-0.2, -0.15) is 0 Å². The molecule has 1 aromatic carbocycles. The molecule has 2 nitrogen and oxygen atoms in total. The van der Waals surface area contributed by atoms with Crippen molar-refractivity contribution in [3.8, 4) is 0 Å². The molecule has 0 unspecified atom stereocenters. The Bertz CT molecular complexity index is 624. The molecule has 0 radical (unpaired) electrons. The van der Waals surface area contributed by atoms with Gasteiger partial charge in [-0.25, -0.2) is 9.37 Å². The third-order valence-corrected chi connectivity index (χ3v) is 3.64. The fraction of sp³-hybridized carbons (Fsp3) is 0. The molecule has 0 saturated carbocycles. The van der Waals surface area contributed by atoms with Crippen molar-refractivity contribution in [1.29, 1.82) is 0 Å². The lowest BCUT2D eigenvalue weighted by Gasteiger charge is -2.10. The highest BCUT2D eigenvalue weighted by molar-refractivity contribution is 6.43.